The molecular weight excluding hydrogens is 208 g/mol. The highest BCUT2D eigenvalue weighted by atomic mass is 15.1. The summed E-state index contributed by atoms with van der Waals surface area (Å²) in [6.07, 6.45) is 10.2. The van der Waals surface area contributed by atoms with Crippen LogP contribution in [0.4, 0.5) is 0 Å². The lowest BCUT2D eigenvalue weighted by Gasteiger charge is -2.24. The highest BCUT2D eigenvalue weighted by Gasteiger charge is 2.19. The molecule has 0 spiro atoms. The topological polar surface area (TPSA) is 15.3 Å². The van der Waals surface area contributed by atoms with Gasteiger partial charge in [-0.1, -0.05) is 18.9 Å². The van der Waals surface area contributed by atoms with E-state index in [0.717, 1.165) is 12.6 Å². The van der Waals surface area contributed by atoms with Gasteiger partial charge in [-0.2, -0.15) is 0 Å². The predicted octanol–water partition coefficient (Wildman–Crippen LogP) is 3.20. The first-order chi connectivity index (χ1) is 8.24. The molecule has 0 heterocycles. The lowest BCUT2D eigenvalue weighted by molar-refractivity contribution is 0.240. The van der Waals surface area contributed by atoms with Crippen molar-refractivity contribution < 1.29 is 0 Å². The number of unbranched alkanes of at least 4 members (excludes halogenated alkanes) is 3. The molecule has 2 nitrogen and oxygen atoms in total. The summed E-state index contributed by atoms with van der Waals surface area (Å²) in [5.41, 5.74) is 0. The van der Waals surface area contributed by atoms with Crippen molar-refractivity contribution in [3.05, 3.63) is 12.7 Å². The van der Waals surface area contributed by atoms with Gasteiger partial charge in [-0.25, -0.2) is 0 Å². The van der Waals surface area contributed by atoms with Crippen molar-refractivity contribution >= 4 is 0 Å². The Bertz CT molecular complexity index is 197. The molecule has 1 fully saturated rings. The van der Waals surface area contributed by atoms with Gasteiger partial charge in [0.25, 0.3) is 0 Å². The summed E-state index contributed by atoms with van der Waals surface area (Å²) in [5.74, 6) is 0. The Balaban J connectivity index is 1.88. The second kappa shape index (κ2) is 8.71. The molecule has 0 atom stereocenters. The Labute approximate surface area is 107 Å². The van der Waals surface area contributed by atoms with E-state index in [4.69, 9.17) is 0 Å². The number of rotatable bonds is 11. The van der Waals surface area contributed by atoms with Crippen LogP contribution in [0.25, 0.3) is 0 Å². The van der Waals surface area contributed by atoms with Crippen LogP contribution >= 0.6 is 0 Å². The molecule has 100 valence electrons. The van der Waals surface area contributed by atoms with Crippen LogP contribution in [0.3, 0.4) is 0 Å². The van der Waals surface area contributed by atoms with E-state index >= 15 is 0 Å². The molecule has 1 saturated carbocycles. The molecule has 2 heteroatoms. The Hall–Kier alpha value is -0.340. The van der Waals surface area contributed by atoms with Gasteiger partial charge in [0.2, 0.25) is 0 Å². The van der Waals surface area contributed by atoms with Gasteiger partial charge in [0.05, 0.1) is 0 Å². The van der Waals surface area contributed by atoms with Crippen LogP contribution in [-0.2, 0) is 0 Å². The van der Waals surface area contributed by atoms with E-state index < -0.39 is 0 Å². The minimum absolute atomic E-state index is 0.643. The number of hydrogen-bond acceptors (Lipinski definition) is 2. The van der Waals surface area contributed by atoms with Crippen LogP contribution in [0.2, 0.25) is 0 Å². The van der Waals surface area contributed by atoms with Crippen molar-refractivity contribution in [1.29, 1.82) is 0 Å². The fourth-order valence-electron chi connectivity index (χ4n) is 2.11. The molecule has 0 aliphatic heterocycles. The zero-order valence-electron chi connectivity index (χ0n) is 11.8. The third-order valence-electron chi connectivity index (χ3n) is 3.48. The first kappa shape index (κ1) is 14.7. The molecule has 17 heavy (non-hydrogen) atoms. The van der Waals surface area contributed by atoms with Gasteiger partial charge in [0.1, 0.15) is 0 Å². The quantitative estimate of drug-likeness (QED) is 0.439. The van der Waals surface area contributed by atoms with Crippen LogP contribution in [0.15, 0.2) is 12.7 Å². The monoisotopic (exact) mass is 238 g/mol. The summed E-state index contributed by atoms with van der Waals surface area (Å²) >= 11 is 0. The van der Waals surface area contributed by atoms with Crippen LogP contribution in [0.5, 0.6) is 0 Å². The van der Waals surface area contributed by atoms with Crippen LogP contribution in [0, 0.1) is 0 Å². The van der Waals surface area contributed by atoms with E-state index in [-0.39, 0.29) is 0 Å². The van der Waals surface area contributed by atoms with Gasteiger partial charge in [0, 0.05) is 18.6 Å². The summed E-state index contributed by atoms with van der Waals surface area (Å²) in [5, 5.41) is 3.57. The Kier molecular flexibility index (Phi) is 7.54. The fraction of sp³-hybridized carbons (Fsp3) is 0.867. The molecule has 1 aliphatic rings. The molecule has 0 bridgehead atoms. The molecule has 0 amide bonds. The van der Waals surface area contributed by atoms with Gasteiger partial charge in [0.15, 0.2) is 0 Å². The lowest BCUT2D eigenvalue weighted by atomic mass is 10.1. The molecule has 0 unspecified atom stereocenters. The summed E-state index contributed by atoms with van der Waals surface area (Å²) in [4.78, 5) is 2.50. The lowest BCUT2D eigenvalue weighted by Crippen LogP contribution is -2.31. The van der Waals surface area contributed by atoms with Gasteiger partial charge in [-0.15, -0.1) is 6.58 Å². The molecule has 0 radical (unpaired) electrons. The minimum atomic E-state index is 0.643. The van der Waals surface area contributed by atoms with Crippen molar-refractivity contribution in [2.24, 2.45) is 0 Å². The van der Waals surface area contributed by atoms with E-state index in [1.807, 2.05) is 6.08 Å². The molecule has 0 aromatic carbocycles. The smallest absolute Gasteiger partial charge is 0.0163 e. The molecule has 1 rings (SSSR count). The Morgan fingerprint density at radius 3 is 2.53 bits per heavy atom. The summed E-state index contributed by atoms with van der Waals surface area (Å²) in [6.45, 7) is 11.8. The van der Waals surface area contributed by atoms with Crippen molar-refractivity contribution in [3.63, 3.8) is 0 Å². The first-order valence-electron chi connectivity index (χ1n) is 7.32. The number of nitrogens with zero attached hydrogens (tertiary/aromatic N) is 1. The molecule has 1 N–H and O–H groups in total. The SMILES string of the molecule is C=CCN(CCCCCCNC1CC1)C(C)C. The van der Waals surface area contributed by atoms with Crippen molar-refractivity contribution in [2.75, 3.05) is 19.6 Å². The van der Waals surface area contributed by atoms with Crippen molar-refractivity contribution in [2.45, 2.75) is 64.5 Å². The van der Waals surface area contributed by atoms with E-state index in [9.17, 15) is 0 Å². The zero-order chi connectivity index (χ0) is 12.5. The van der Waals surface area contributed by atoms with Crippen LogP contribution in [0.1, 0.15) is 52.4 Å². The molecule has 1 aliphatic carbocycles. The summed E-state index contributed by atoms with van der Waals surface area (Å²) < 4.78 is 0. The van der Waals surface area contributed by atoms with E-state index in [1.165, 1.54) is 51.6 Å². The average Bonchev–Trinajstić information content (AvgIpc) is 3.10. The van der Waals surface area contributed by atoms with Crippen molar-refractivity contribution in [3.8, 4) is 0 Å². The third-order valence-corrected chi connectivity index (χ3v) is 3.48. The second-order valence-electron chi connectivity index (χ2n) is 5.52. The van der Waals surface area contributed by atoms with Gasteiger partial charge < -0.3 is 5.32 Å². The average molecular weight is 238 g/mol. The van der Waals surface area contributed by atoms with E-state index in [1.54, 1.807) is 0 Å². The zero-order valence-corrected chi connectivity index (χ0v) is 11.8. The molecular formula is C15H30N2. The Morgan fingerprint density at radius 1 is 1.24 bits per heavy atom. The van der Waals surface area contributed by atoms with Gasteiger partial charge in [-0.05, 0) is 52.6 Å². The van der Waals surface area contributed by atoms with Crippen molar-refractivity contribution in [1.82, 2.24) is 10.2 Å². The van der Waals surface area contributed by atoms with Crippen LogP contribution < -0.4 is 5.32 Å². The molecule has 0 aromatic rings. The Morgan fingerprint density at radius 2 is 1.94 bits per heavy atom. The van der Waals surface area contributed by atoms with Gasteiger partial charge >= 0.3 is 0 Å². The predicted molar refractivity (Wildman–Crippen MR) is 76.4 cm³/mol. The van der Waals surface area contributed by atoms with Gasteiger partial charge in [-0.3, -0.25) is 4.90 Å². The van der Waals surface area contributed by atoms with E-state index in [0.29, 0.717) is 6.04 Å². The normalized spacial score (nSPS) is 15.8. The highest BCUT2D eigenvalue weighted by Crippen LogP contribution is 2.18. The maximum absolute atomic E-state index is 3.82. The largest absolute Gasteiger partial charge is 0.314 e. The maximum Gasteiger partial charge on any atom is 0.0163 e. The number of hydrogen-bond donors (Lipinski definition) is 1. The minimum Gasteiger partial charge on any atom is -0.314 e. The maximum atomic E-state index is 3.82. The summed E-state index contributed by atoms with van der Waals surface area (Å²) in [7, 11) is 0. The first-order valence-corrected chi connectivity index (χ1v) is 7.32. The highest BCUT2D eigenvalue weighted by molar-refractivity contribution is 4.80. The number of nitrogens with one attached hydrogen (secondary N) is 1. The third kappa shape index (κ3) is 7.56. The standard InChI is InChI=1S/C15H30N2/c1-4-12-17(14(2)3)13-8-6-5-7-11-16-15-9-10-15/h4,14-16H,1,5-13H2,2-3H3. The van der Waals surface area contributed by atoms with Crippen LogP contribution in [-0.4, -0.2) is 36.6 Å². The second-order valence-corrected chi connectivity index (χ2v) is 5.52. The van der Waals surface area contributed by atoms with E-state index in [2.05, 4.69) is 30.6 Å². The fourth-order valence-corrected chi connectivity index (χ4v) is 2.11. The summed E-state index contributed by atoms with van der Waals surface area (Å²) in [6, 6.07) is 1.52. The molecule has 0 aromatic heterocycles. The molecule has 0 saturated heterocycles.